The standard InChI is InChI=1S/C16H14N2O2/c19-15-13-9-1-2-10(12-7-11(9)12)14(13)16(20)18(15)8-3-5-17-6-4-8/h1-6,9-14H,7H2. The summed E-state index contributed by atoms with van der Waals surface area (Å²) in [5.74, 6) is 1.65. The van der Waals surface area contributed by atoms with Crippen LogP contribution in [-0.4, -0.2) is 16.8 Å². The minimum Gasteiger partial charge on any atom is -0.274 e. The summed E-state index contributed by atoms with van der Waals surface area (Å²) >= 11 is 0. The molecule has 6 unspecified atom stereocenters. The van der Waals surface area contributed by atoms with Crippen molar-refractivity contribution < 1.29 is 9.59 Å². The summed E-state index contributed by atoms with van der Waals surface area (Å²) in [4.78, 5) is 30.9. The number of carbonyl (C=O) groups excluding carboxylic acids is 2. The van der Waals surface area contributed by atoms with E-state index in [1.54, 1.807) is 24.5 Å². The van der Waals surface area contributed by atoms with Crippen LogP contribution in [0.5, 0.6) is 0 Å². The lowest BCUT2D eigenvalue weighted by atomic mass is 9.63. The van der Waals surface area contributed by atoms with Crippen LogP contribution in [-0.2, 0) is 9.59 Å². The highest BCUT2D eigenvalue weighted by Crippen LogP contribution is 2.65. The second-order valence-corrected chi connectivity index (χ2v) is 6.37. The third kappa shape index (κ3) is 1.11. The monoisotopic (exact) mass is 266 g/mol. The molecule has 1 aromatic rings. The molecule has 6 atom stereocenters. The topological polar surface area (TPSA) is 50.3 Å². The molecule has 1 aromatic heterocycles. The molecular formula is C16H14N2O2. The molecule has 2 amide bonds. The number of imide groups is 1. The Hall–Kier alpha value is -1.97. The Morgan fingerprint density at radius 3 is 2.05 bits per heavy atom. The zero-order valence-electron chi connectivity index (χ0n) is 10.8. The van der Waals surface area contributed by atoms with Gasteiger partial charge >= 0.3 is 0 Å². The molecule has 0 aromatic carbocycles. The first-order chi connectivity index (χ1) is 9.77. The first kappa shape index (κ1) is 10.8. The second kappa shape index (κ2) is 3.37. The Labute approximate surface area is 116 Å². The molecule has 100 valence electrons. The van der Waals surface area contributed by atoms with E-state index < -0.39 is 0 Å². The quantitative estimate of drug-likeness (QED) is 0.573. The average Bonchev–Trinajstić information content (AvgIpc) is 3.25. The highest BCUT2D eigenvalue weighted by atomic mass is 16.2. The van der Waals surface area contributed by atoms with Gasteiger partial charge in [0, 0.05) is 12.4 Å². The summed E-state index contributed by atoms with van der Waals surface area (Å²) in [5, 5.41) is 0. The maximum atomic E-state index is 12.8. The zero-order valence-corrected chi connectivity index (χ0v) is 10.8. The molecule has 4 aliphatic carbocycles. The molecule has 6 rings (SSSR count). The van der Waals surface area contributed by atoms with Crippen molar-refractivity contribution in [2.24, 2.45) is 35.5 Å². The fourth-order valence-electron chi connectivity index (χ4n) is 4.70. The summed E-state index contributed by atoms with van der Waals surface area (Å²) in [5.41, 5.74) is 0.664. The molecule has 20 heavy (non-hydrogen) atoms. The largest absolute Gasteiger partial charge is 0.274 e. The molecule has 0 radical (unpaired) electrons. The minimum absolute atomic E-state index is 0.00380. The summed E-state index contributed by atoms with van der Waals surface area (Å²) in [6.07, 6.45) is 8.85. The fraction of sp³-hybridized carbons (Fsp3) is 0.438. The van der Waals surface area contributed by atoms with Gasteiger partial charge in [-0.15, -0.1) is 0 Å². The van der Waals surface area contributed by atoms with Gasteiger partial charge in [-0.2, -0.15) is 0 Å². The average molecular weight is 266 g/mol. The van der Waals surface area contributed by atoms with Gasteiger partial charge in [0.25, 0.3) is 0 Å². The van der Waals surface area contributed by atoms with Crippen molar-refractivity contribution in [3.05, 3.63) is 36.7 Å². The van der Waals surface area contributed by atoms with Gasteiger partial charge in [0.1, 0.15) is 0 Å². The van der Waals surface area contributed by atoms with Crippen LogP contribution >= 0.6 is 0 Å². The first-order valence-electron chi connectivity index (χ1n) is 7.23. The lowest BCUT2D eigenvalue weighted by Crippen LogP contribution is -2.40. The Bertz CT molecular complexity index is 618. The summed E-state index contributed by atoms with van der Waals surface area (Å²) in [7, 11) is 0. The molecule has 0 N–H and O–H groups in total. The van der Waals surface area contributed by atoms with Crippen molar-refractivity contribution in [3.8, 4) is 0 Å². The smallest absolute Gasteiger partial charge is 0.238 e. The second-order valence-electron chi connectivity index (χ2n) is 6.37. The maximum absolute atomic E-state index is 12.8. The predicted molar refractivity (Wildman–Crippen MR) is 71.4 cm³/mol. The van der Waals surface area contributed by atoms with Crippen LogP contribution < -0.4 is 4.90 Å². The Morgan fingerprint density at radius 1 is 0.950 bits per heavy atom. The number of amides is 2. The molecule has 4 nitrogen and oxygen atoms in total. The van der Waals surface area contributed by atoms with Crippen LogP contribution in [0.4, 0.5) is 5.69 Å². The summed E-state index contributed by atoms with van der Waals surface area (Å²) < 4.78 is 0. The Balaban J connectivity index is 1.61. The number of allylic oxidation sites excluding steroid dienone is 2. The van der Waals surface area contributed by atoms with Gasteiger partial charge in [0.2, 0.25) is 11.8 Å². The SMILES string of the molecule is O=C1C2C3C=CC(C4CC34)C2C(=O)N1c1ccncc1. The molecule has 1 saturated heterocycles. The van der Waals surface area contributed by atoms with E-state index in [4.69, 9.17) is 0 Å². The number of hydrogen-bond donors (Lipinski definition) is 0. The number of hydrogen-bond acceptors (Lipinski definition) is 3. The highest BCUT2D eigenvalue weighted by molar-refractivity contribution is 6.22. The molecule has 4 heteroatoms. The van der Waals surface area contributed by atoms with E-state index in [1.807, 2.05) is 0 Å². The predicted octanol–water partition coefficient (Wildman–Crippen LogP) is 1.64. The Kier molecular flexibility index (Phi) is 1.82. The van der Waals surface area contributed by atoms with Crippen molar-refractivity contribution in [2.45, 2.75) is 6.42 Å². The van der Waals surface area contributed by atoms with E-state index >= 15 is 0 Å². The van der Waals surface area contributed by atoms with Gasteiger partial charge in [-0.25, -0.2) is 4.90 Å². The van der Waals surface area contributed by atoms with Crippen LogP contribution in [0.25, 0.3) is 0 Å². The minimum atomic E-state index is -0.116. The van der Waals surface area contributed by atoms with Crippen molar-refractivity contribution in [3.63, 3.8) is 0 Å². The highest BCUT2D eigenvalue weighted by Gasteiger charge is 2.67. The van der Waals surface area contributed by atoms with Gasteiger partial charge in [0.05, 0.1) is 17.5 Å². The van der Waals surface area contributed by atoms with E-state index in [2.05, 4.69) is 17.1 Å². The van der Waals surface area contributed by atoms with Gasteiger partial charge in [-0.3, -0.25) is 14.6 Å². The molecule has 1 aliphatic heterocycles. The summed E-state index contributed by atoms with van der Waals surface area (Å²) in [6, 6.07) is 3.48. The van der Waals surface area contributed by atoms with Gasteiger partial charge in [-0.1, -0.05) is 12.2 Å². The molecule has 2 bridgehead atoms. The van der Waals surface area contributed by atoms with E-state index in [0.717, 1.165) is 0 Å². The molecule has 2 heterocycles. The van der Waals surface area contributed by atoms with Crippen LogP contribution in [0.15, 0.2) is 36.7 Å². The van der Waals surface area contributed by atoms with Crippen molar-refractivity contribution in [2.75, 3.05) is 4.90 Å². The number of nitrogens with zero attached hydrogens (tertiary/aromatic N) is 2. The number of carbonyl (C=O) groups is 2. The molecule has 0 spiro atoms. The van der Waals surface area contributed by atoms with Crippen LogP contribution in [0, 0.1) is 35.5 Å². The lowest BCUT2D eigenvalue weighted by Gasteiger charge is -2.37. The number of aromatic nitrogens is 1. The van der Waals surface area contributed by atoms with E-state index in [0.29, 0.717) is 29.4 Å². The maximum Gasteiger partial charge on any atom is 0.238 e. The van der Waals surface area contributed by atoms with Crippen LogP contribution in [0.1, 0.15) is 6.42 Å². The molecule has 3 fully saturated rings. The van der Waals surface area contributed by atoms with Crippen molar-refractivity contribution >= 4 is 17.5 Å². The molecular weight excluding hydrogens is 252 g/mol. The Morgan fingerprint density at radius 2 is 1.50 bits per heavy atom. The van der Waals surface area contributed by atoms with Crippen LogP contribution in [0.3, 0.4) is 0 Å². The molecule has 5 aliphatic rings. The number of rotatable bonds is 1. The van der Waals surface area contributed by atoms with Crippen molar-refractivity contribution in [1.29, 1.82) is 0 Å². The summed E-state index contributed by atoms with van der Waals surface area (Å²) in [6.45, 7) is 0. The van der Waals surface area contributed by atoms with E-state index in [9.17, 15) is 9.59 Å². The normalized spacial score (nSPS) is 43.7. The van der Waals surface area contributed by atoms with Crippen molar-refractivity contribution in [1.82, 2.24) is 4.98 Å². The third-order valence-corrected chi connectivity index (χ3v) is 5.58. The third-order valence-electron chi connectivity index (χ3n) is 5.58. The number of pyridine rings is 1. The van der Waals surface area contributed by atoms with Gasteiger partial charge in [0.15, 0.2) is 0 Å². The van der Waals surface area contributed by atoms with E-state index in [-0.39, 0.29) is 23.7 Å². The van der Waals surface area contributed by atoms with Gasteiger partial charge < -0.3 is 0 Å². The van der Waals surface area contributed by atoms with Crippen LogP contribution in [0.2, 0.25) is 0 Å². The van der Waals surface area contributed by atoms with Gasteiger partial charge in [-0.05, 0) is 42.2 Å². The first-order valence-corrected chi connectivity index (χ1v) is 7.23. The zero-order chi connectivity index (χ0) is 13.4. The fourth-order valence-corrected chi connectivity index (χ4v) is 4.70. The lowest BCUT2D eigenvalue weighted by molar-refractivity contribution is -0.124. The molecule has 2 saturated carbocycles. The van der Waals surface area contributed by atoms with E-state index in [1.165, 1.54) is 11.3 Å². The number of anilines is 1.